The van der Waals surface area contributed by atoms with E-state index in [0.29, 0.717) is 24.8 Å². The molecule has 1 rings (SSSR count). The zero-order chi connectivity index (χ0) is 14.5. The highest BCUT2D eigenvalue weighted by Crippen LogP contribution is 2.16. The molecule has 0 amide bonds. The van der Waals surface area contributed by atoms with Gasteiger partial charge in [0.2, 0.25) is 10.0 Å². The minimum absolute atomic E-state index is 0.0868. The van der Waals surface area contributed by atoms with E-state index in [-0.39, 0.29) is 5.75 Å². The molecule has 5 nitrogen and oxygen atoms in total. The first-order valence-corrected chi connectivity index (χ1v) is 8.62. The van der Waals surface area contributed by atoms with Crippen LogP contribution in [0.5, 0.6) is 0 Å². The number of nitrogens with one attached hydrogen (secondary N) is 2. The van der Waals surface area contributed by atoms with E-state index in [4.69, 9.17) is 0 Å². The molecule has 2 N–H and O–H groups in total. The molecule has 0 aliphatic heterocycles. The van der Waals surface area contributed by atoms with Crippen molar-refractivity contribution in [3.05, 3.63) is 22.3 Å². The first-order chi connectivity index (χ1) is 8.80. The summed E-state index contributed by atoms with van der Waals surface area (Å²) in [7, 11) is -3.33. The van der Waals surface area contributed by atoms with E-state index in [2.05, 4.69) is 31.0 Å². The number of aromatic nitrogens is 1. The van der Waals surface area contributed by atoms with Crippen LogP contribution in [0.2, 0.25) is 0 Å². The van der Waals surface area contributed by atoms with E-state index < -0.39 is 10.0 Å². The van der Waals surface area contributed by atoms with Crippen LogP contribution in [0.4, 0.5) is 5.82 Å². The number of halogens is 1. The number of sulfonamides is 1. The van der Waals surface area contributed by atoms with Crippen LogP contribution in [0.3, 0.4) is 0 Å². The molecular weight excluding hydrogens is 330 g/mol. The zero-order valence-electron chi connectivity index (χ0n) is 11.4. The fraction of sp³-hybridized carbons (Fsp3) is 0.583. The summed E-state index contributed by atoms with van der Waals surface area (Å²) >= 11 is 3.33. The van der Waals surface area contributed by atoms with Crippen LogP contribution in [0.25, 0.3) is 0 Å². The van der Waals surface area contributed by atoms with Gasteiger partial charge < -0.3 is 5.32 Å². The van der Waals surface area contributed by atoms with Gasteiger partial charge in [-0.3, -0.25) is 4.72 Å². The molecule has 7 heteroatoms. The molecule has 0 saturated heterocycles. The van der Waals surface area contributed by atoms with Crippen molar-refractivity contribution in [2.45, 2.75) is 33.2 Å². The van der Waals surface area contributed by atoms with Crippen LogP contribution in [0, 0.1) is 6.92 Å². The van der Waals surface area contributed by atoms with Crippen molar-refractivity contribution >= 4 is 31.8 Å². The van der Waals surface area contributed by atoms with E-state index in [0.717, 1.165) is 10.2 Å². The number of hydrogen-bond donors (Lipinski definition) is 2. The van der Waals surface area contributed by atoms with Crippen molar-refractivity contribution in [1.82, 2.24) is 10.3 Å². The minimum atomic E-state index is -3.33. The summed E-state index contributed by atoms with van der Waals surface area (Å²) in [6, 6.07) is 3.79. The van der Waals surface area contributed by atoms with Gasteiger partial charge in [0, 0.05) is 10.5 Å². The molecule has 0 aliphatic carbocycles. The van der Waals surface area contributed by atoms with Crippen molar-refractivity contribution in [2.75, 3.05) is 17.0 Å². The molecule has 0 saturated carbocycles. The lowest BCUT2D eigenvalue weighted by molar-refractivity contribution is 0.571. The van der Waals surface area contributed by atoms with Crippen molar-refractivity contribution in [2.24, 2.45) is 0 Å². The van der Waals surface area contributed by atoms with E-state index in [9.17, 15) is 8.42 Å². The quantitative estimate of drug-likeness (QED) is 0.740. The highest BCUT2D eigenvalue weighted by molar-refractivity contribution is 9.10. The second-order valence-electron chi connectivity index (χ2n) is 4.65. The molecule has 1 aromatic heterocycles. The van der Waals surface area contributed by atoms with Gasteiger partial charge in [0.05, 0.1) is 11.4 Å². The lowest BCUT2D eigenvalue weighted by Crippen LogP contribution is -2.26. The van der Waals surface area contributed by atoms with Gasteiger partial charge in [-0.25, -0.2) is 13.4 Å². The van der Waals surface area contributed by atoms with Gasteiger partial charge in [0.25, 0.3) is 0 Å². The molecular formula is C12H20BrN3O2S. The largest absolute Gasteiger partial charge is 0.314 e. The number of pyridine rings is 1. The maximum Gasteiger partial charge on any atom is 0.233 e. The van der Waals surface area contributed by atoms with E-state index >= 15 is 0 Å². The van der Waals surface area contributed by atoms with Crippen molar-refractivity contribution in [3.63, 3.8) is 0 Å². The van der Waals surface area contributed by atoms with Gasteiger partial charge in [-0.15, -0.1) is 0 Å². The number of aryl methyl sites for hydroxylation is 1. The van der Waals surface area contributed by atoms with Gasteiger partial charge >= 0.3 is 0 Å². The first kappa shape index (κ1) is 16.4. The van der Waals surface area contributed by atoms with Crippen LogP contribution < -0.4 is 10.0 Å². The second kappa shape index (κ2) is 7.21. The number of nitrogens with zero attached hydrogens (tertiary/aromatic N) is 1. The molecule has 0 spiro atoms. The standard InChI is InChI=1S/C12H20BrN3O2S/c1-9(2)14-7-4-8-19(17,18)16-12-6-5-11(13)10(3)15-12/h5-6,9,14H,4,7-8H2,1-3H3,(H,15,16). The average molecular weight is 350 g/mol. The Labute approximate surface area is 123 Å². The Kier molecular flexibility index (Phi) is 6.22. The summed E-state index contributed by atoms with van der Waals surface area (Å²) in [5.74, 6) is 0.446. The molecule has 0 bridgehead atoms. The smallest absolute Gasteiger partial charge is 0.233 e. The monoisotopic (exact) mass is 349 g/mol. The number of anilines is 1. The summed E-state index contributed by atoms with van der Waals surface area (Å²) in [5.41, 5.74) is 0.752. The van der Waals surface area contributed by atoms with Crippen LogP contribution >= 0.6 is 15.9 Å². The molecule has 1 aromatic rings. The Balaban J connectivity index is 2.52. The summed E-state index contributed by atoms with van der Waals surface area (Å²) in [6.45, 7) is 6.56. The predicted octanol–water partition coefficient (Wildman–Crippen LogP) is 2.28. The molecule has 108 valence electrons. The Morgan fingerprint density at radius 3 is 2.63 bits per heavy atom. The van der Waals surface area contributed by atoms with Crippen LogP contribution in [-0.4, -0.2) is 31.7 Å². The highest BCUT2D eigenvalue weighted by atomic mass is 79.9. The third kappa shape index (κ3) is 6.35. The van der Waals surface area contributed by atoms with Gasteiger partial charge in [0.1, 0.15) is 5.82 Å². The Hall–Kier alpha value is -0.660. The zero-order valence-corrected chi connectivity index (χ0v) is 13.8. The SMILES string of the molecule is Cc1nc(NS(=O)(=O)CCCNC(C)C)ccc1Br. The molecule has 0 radical (unpaired) electrons. The fourth-order valence-corrected chi connectivity index (χ4v) is 2.74. The van der Waals surface area contributed by atoms with E-state index in [1.54, 1.807) is 12.1 Å². The molecule has 1 heterocycles. The van der Waals surface area contributed by atoms with Crippen molar-refractivity contribution in [1.29, 1.82) is 0 Å². The molecule has 0 unspecified atom stereocenters. The Morgan fingerprint density at radius 1 is 1.37 bits per heavy atom. The van der Waals surface area contributed by atoms with Gasteiger partial charge in [-0.2, -0.15) is 0 Å². The Morgan fingerprint density at radius 2 is 2.05 bits per heavy atom. The summed E-state index contributed by atoms with van der Waals surface area (Å²) in [4.78, 5) is 4.16. The molecule has 0 aromatic carbocycles. The molecule has 0 fully saturated rings. The summed E-state index contributed by atoms with van der Waals surface area (Å²) in [5, 5.41) is 3.18. The summed E-state index contributed by atoms with van der Waals surface area (Å²) < 4.78 is 27.0. The lowest BCUT2D eigenvalue weighted by atomic mass is 10.4. The normalized spacial score (nSPS) is 11.8. The topological polar surface area (TPSA) is 71.1 Å². The van der Waals surface area contributed by atoms with Gasteiger partial charge in [0.15, 0.2) is 0 Å². The maximum atomic E-state index is 11.9. The maximum absolute atomic E-state index is 11.9. The predicted molar refractivity (Wildman–Crippen MR) is 81.8 cm³/mol. The molecule has 19 heavy (non-hydrogen) atoms. The van der Waals surface area contributed by atoms with Crippen LogP contribution in [0.15, 0.2) is 16.6 Å². The third-order valence-corrected chi connectivity index (χ3v) is 4.61. The van der Waals surface area contributed by atoms with E-state index in [1.165, 1.54) is 0 Å². The number of hydrogen-bond acceptors (Lipinski definition) is 4. The average Bonchev–Trinajstić information content (AvgIpc) is 2.29. The molecule has 0 atom stereocenters. The summed E-state index contributed by atoms with van der Waals surface area (Å²) in [6.07, 6.45) is 0.572. The van der Waals surface area contributed by atoms with Crippen molar-refractivity contribution < 1.29 is 8.42 Å². The van der Waals surface area contributed by atoms with E-state index in [1.807, 2.05) is 20.8 Å². The fourth-order valence-electron chi connectivity index (χ4n) is 1.46. The highest BCUT2D eigenvalue weighted by Gasteiger charge is 2.11. The van der Waals surface area contributed by atoms with Crippen LogP contribution in [-0.2, 0) is 10.0 Å². The minimum Gasteiger partial charge on any atom is -0.314 e. The van der Waals surface area contributed by atoms with Crippen LogP contribution in [0.1, 0.15) is 26.0 Å². The van der Waals surface area contributed by atoms with Gasteiger partial charge in [-0.05, 0) is 48.0 Å². The number of rotatable bonds is 7. The van der Waals surface area contributed by atoms with Crippen molar-refractivity contribution in [3.8, 4) is 0 Å². The third-order valence-electron chi connectivity index (χ3n) is 2.42. The molecule has 0 aliphatic rings. The first-order valence-electron chi connectivity index (χ1n) is 6.17. The van der Waals surface area contributed by atoms with Gasteiger partial charge in [-0.1, -0.05) is 13.8 Å². The Bertz CT molecular complexity index is 518. The second-order valence-corrected chi connectivity index (χ2v) is 7.34. The lowest BCUT2D eigenvalue weighted by Gasteiger charge is -2.10.